The molecule has 1 aliphatic carbocycles. The molecule has 1 unspecified atom stereocenters. The highest BCUT2D eigenvalue weighted by Gasteiger charge is 2.25. The molecule has 0 bridgehead atoms. The summed E-state index contributed by atoms with van der Waals surface area (Å²) in [5.74, 6) is 1.16. The van der Waals surface area contributed by atoms with E-state index in [-0.39, 0.29) is 5.75 Å². The molecule has 154 valence electrons. The van der Waals surface area contributed by atoms with Crippen molar-refractivity contribution >= 4 is 11.7 Å². The van der Waals surface area contributed by atoms with Crippen LogP contribution in [0.1, 0.15) is 31.2 Å². The Kier molecular flexibility index (Phi) is 5.71. The molecule has 4 rings (SSSR count). The Morgan fingerprint density at radius 2 is 2.17 bits per heavy atom. The van der Waals surface area contributed by atoms with Crippen LogP contribution in [0.2, 0.25) is 0 Å². The van der Waals surface area contributed by atoms with Crippen LogP contribution in [0.4, 0.5) is 0 Å². The van der Waals surface area contributed by atoms with E-state index in [9.17, 15) is 5.11 Å². The minimum absolute atomic E-state index is 0.0922. The number of aromatic hydroxyl groups is 1. The number of aliphatic imine (C=N–C) groups is 1. The fourth-order valence-electron chi connectivity index (χ4n) is 3.80. The van der Waals surface area contributed by atoms with Crippen LogP contribution in [0.15, 0.2) is 41.8 Å². The molecule has 0 radical (unpaired) electrons. The van der Waals surface area contributed by atoms with Crippen molar-refractivity contribution in [3.63, 3.8) is 0 Å². The maximum absolute atomic E-state index is 10.4. The van der Waals surface area contributed by atoms with Gasteiger partial charge in [0.2, 0.25) is 0 Å². The van der Waals surface area contributed by atoms with Crippen molar-refractivity contribution < 1.29 is 5.11 Å². The normalized spacial score (nSPS) is 20.8. The van der Waals surface area contributed by atoms with E-state index in [1.165, 1.54) is 25.5 Å². The lowest BCUT2D eigenvalue weighted by atomic mass is 9.92. The molecule has 2 fully saturated rings. The molecule has 7 N–H and O–H groups in total. The Labute approximate surface area is 170 Å². The number of aromatic amines is 1. The van der Waals surface area contributed by atoms with Crippen LogP contribution in [0.3, 0.4) is 0 Å². The average molecular weight is 396 g/mol. The van der Waals surface area contributed by atoms with Crippen molar-refractivity contribution in [2.75, 3.05) is 19.6 Å². The number of nitrogens with one attached hydrogen (secondary N) is 2. The molecule has 1 aliphatic heterocycles. The van der Waals surface area contributed by atoms with E-state index in [4.69, 9.17) is 11.5 Å². The van der Waals surface area contributed by atoms with Gasteiger partial charge in [-0.15, -0.1) is 0 Å². The lowest BCUT2D eigenvalue weighted by molar-refractivity contribution is 0.317. The molecule has 1 saturated heterocycles. The topological polar surface area (TPSA) is 129 Å². The Hall–Kier alpha value is -3.00. The molecule has 2 aliphatic rings. The number of nitrogens with two attached hydrogens (primary N) is 2. The maximum atomic E-state index is 10.4. The number of hydrogen-bond donors (Lipinski definition) is 5. The lowest BCUT2D eigenvalue weighted by Gasteiger charge is -2.28. The van der Waals surface area contributed by atoms with Crippen LogP contribution in [0, 0.1) is 5.92 Å². The number of phenols is 1. The van der Waals surface area contributed by atoms with Gasteiger partial charge in [0.15, 0.2) is 5.96 Å². The highest BCUT2D eigenvalue weighted by atomic mass is 16.3. The molecule has 29 heavy (non-hydrogen) atoms. The van der Waals surface area contributed by atoms with Gasteiger partial charge in [-0.05, 0) is 49.4 Å². The van der Waals surface area contributed by atoms with Gasteiger partial charge in [0.25, 0.3) is 0 Å². The third-order valence-corrected chi connectivity index (χ3v) is 5.89. The Morgan fingerprint density at radius 3 is 2.86 bits per heavy atom. The summed E-state index contributed by atoms with van der Waals surface area (Å²) in [6.07, 6.45) is 10.1. The lowest BCUT2D eigenvalue weighted by Crippen LogP contribution is -2.40. The van der Waals surface area contributed by atoms with Gasteiger partial charge >= 0.3 is 0 Å². The minimum Gasteiger partial charge on any atom is -0.507 e. The van der Waals surface area contributed by atoms with Crippen LogP contribution in [0.5, 0.6) is 5.75 Å². The molecular weight excluding hydrogens is 366 g/mol. The second-order valence-electron chi connectivity index (χ2n) is 7.93. The van der Waals surface area contributed by atoms with Gasteiger partial charge in [-0.25, -0.2) is 4.99 Å². The fourth-order valence-corrected chi connectivity index (χ4v) is 3.80. The number of aromatic nitrogens is 2. The van der Waals surface area contributed by atoms with E-state index >= 15 is 0 Å². The van der Waals surface area contributed by atoms with Crippen LogP contribution in [-0.2, 0) is 0 Å². The Bertz CT molecular complexity index is 886. The first-order valence-corrected chi connectivity index (χ1v) is 10.2. The predicted octanol–water partition coefficient (Wildman–Crippen LogP) is 1.82. The van der Waals surface area contributed by atoms with Gasteiger partial charge in [0, 0.05) is 36.5 Å². The number of guanidine groups is 1. The van der Waals surface area contributed by atoms with Gasteiger partial charge in [-0.3, -0.25) is 5.10 Å². The van der Waals surface area contributed by atoms with E-state index in [2.05, 4.69) is 25.4 Å². The second-order valence-corrected chi connectivity index (χ2v) is 7.93. The SMILES string of the molecule is NC(=N/C=C(\N)c1ccc(-c2cn[nH]c2)cc1O)N1CCC(CNC2CCC2)C1. The zero-order valence-corrected chi connectivity index (χ0v) is 16.5. The summed E-state index contributed by atoms with van der Waals surface area (Å²) in [6.45, 7) is 2.86. The molecule has 1 aromatic heterocycles. The number of likely N-dealkylation sites (tertiary alicyclic amines) is 1. The average Bonchev–Trinajstić information content (AvgIpc) is 3.36. The molecule has 1 saturated carbocycles. The molecular formula is C21H29N7O. The number of rotatable bonds is 6. The zero-order valence-electron chi connectivity index (χ0n) is 16.5. The van der Waals surface area contributed by atoms with Crippen LogP contribution < -0.4 is 16.8 Å². The molecule has 1 aromatic carbocycles. The van der Waals surface area contributed by atoms with E-state index in [1.807, 2.05) is 6.07 Å². The first-order valence-electron chi connectivity index (χ1n) is 10.2. The third kappa shape index (κ3) is 4.54. The van der Waals surface area contributed by atoms with Gasteiger partial charge in [0.05, 0.1) is 18.1 Å². The van der Waals surface area contributed by atoms with Crippen LogP contribution >= 0.6 is 0 Å². The van der Waals surface area contributed by atoms with Gasteiger partial charge < -0.3 is 26.8 Å². The van der Waals surface area contributed by atoms with Crippen LogP contribution in [0.25, 0.3) is 16.8 Å². The van der Waals surface area contributed by atoms with E-state index in [1.54, 1.807) is 24.5 Å². The van der Waals surface area contributed by atoms with Crippen molar-refractivity contribution in [3.8, 4) is 16.9 Å². The number of H-pyrrole nitrogens is 1. The smallest absolute Gasteiger partial charge is 0.195 e. The highest BCUT2D eigenvalue weighted by Crippen LogP contribution is 2.28. The Balaban J connectivity index is 1.36. The summed E-state index contributed by atoms with van der Waals surface area (Å²) < 4.78 is 0. The summed E-state index contributed by atoms with van der Waals surface area (Å²) in [5.41, 5.74) is 14.9. The third-order valence-electron chi connectivity index (χ3n) is 5.89. The van der Waals surface area contributed by atoms with E-state index in [0.29, 0.717) is 29.2 Å². The highest BCUT2D eigenvalue weighted by molar-refractivity contribution is 5.80. The van der Waals surface area contributed by atoms with Crippen LogP contribution in [-0.4, -0.2) is 51.8 Å². The number of benzene rings is 1. The summed E-state index contributed by atoms with van der Waals surface area (Å²) >= 11 is 0. The molecule has 1 atom stereocenters. The second kappa shape index (κ2) is 8.57. The van der Waals surface area contributed by atoms with E-state index < -0.39 is 0 Å². The number of nitrogens with zero attached hydrogens (tertiary/aromatic N) is 3. The standard InChI is InChI=1S/C21H29N7O/c22-19(18-5-4-15(8-20(18)29)16-10-26-27-11-16)12-25-21(23)28-7-6-14(13-28)9-24-17-2-1-3-17/h4-5,8,10-12,14,17,24,29H,1-3,6-7,9,13,22H2,(H2,23,25)(H,26,27)/b19-12-. The summed E-state index contributed by atoms with van der Waals surface area (Å²) in [6, 6.07) is 6.03. The van der Waals surface area contributed by atoms with Gasteiger partial charge in [-0.1, -0.05) is 12.5 Å². The summed E-state index contributed by atoms with van der Waals surface area (Å²) in [5, 5.41) is 20.7. The van der Waals surface area contributed by atoms with Crippen molar-refractivity contribution in [2.45, 2.75) is 31.7 Å². The molecule has 8 heteroatoms. The molecule has 2 heterocycles. The van der Waals surface area contributed by atoms with Crippen molar-refractivity contribution in [1.82, 2.24) is 20.4 Å². The molecule has 0 amide bonds. The fraction of sp³-hybridized carbons (Fsp3) is 0.429. The quantitative estimate of drug-likeness (QED) is 0.375. The minimum atomic E-state index is 0.0922. The largest absolute Gasteiger partial charge is 0.507 e. The van der Waals surface area contributed by atoms with Crippen molar-refractivity contribution in [1.29, 1.82) is 0 Å². The van der Waals surface area contributed by atoms with E-state index in [0.717, 1.165) is 37.2 Å². The molecule has 2 aromatic rings. The van der Waals surface area contributed by atoms with Gasteiger partial charge in [0.1, 0.15) is 5.75 Å². The van der Waals surface area contributed by atoms with Crippen molar-refractivity contribution in [3.05, 3.63) is 42.4 Å². The van der Waals surface area contributed by atoms with Crippen molar-refractivity contribution in [2.24, 2.45) is 22.4 Å². The number of hydrogen-bond acceptors (Lipinski definition) is 5. The predicted molar refractivity (Wildman–Crippen MR) is 115 cm³/mol. The van der Waals surface area contributed by atoms with Gasteiger partial charge in [-0.2, -0.15) is 5.10 Å². The first kappa shape index (κ1) is 19.3. The first-order chi connectivity index (χ1) is 14.1. The summed E-state index contributed by atoms with van der Waals surface area (Å²) in [4.78, 5) is 6.44. The zero-order chi connectivity index (χ0) is 20.2. The summed E-state index contributed by atoms with van der Waals surface area (Å²) in [7, 11) is 0. The molecule has 8 nitrogen and oxygen atoms in total. The molecule has 0 spiro atoms. The number of phenolic OH excluding ortho intramolecular Hbond substituents is 1. The maximum Gasteiger partial charge on any atom is 0.195 e. The monoisotopic (exact) mass is 395 g/mol. The Morgan fingerprint density at radius 1 is 1.31 bits per heavy atom.